The molecule has 4 rings (SSSR count). The minimum Gasteiger partial charge on any atom is -0.465 e. The summed E-state index contributed by atoms with van der Waals surface area (Å²) in [4.78, 5) is 38.6. The zero-order valence-corrected chi connectivity index (χ0v) is 19.7. The third-order valence-electron chi connectivity index (χ3n) is 5.61. The minimum atomic E-state index is -0.458. The van der Waals surface area contributed by atoms with Gasteiger partial charge in [0.25, 0.3) is 5.91 Å². The Bertz CT molecular complexity index is 1190. The van der Waals surface area contributed by atoms with Crippen molar-refractivity contribution in [2.45, 2.75) is 25.7 Å². The van der Waals surface area contributed by atoms with E-state index >= 15 is 0 Å². The van der Waals surface area contributed by atoms with Gasteiger partial charge in [-0.1, -0.05) is 35.1 Å². The van der Waals surface area contributed by atoms with Crippen LogP contribution in [0.5, 0.6) is 0 Å². The Hall–Kier alpha value is -3.79. The van der Waals surface area contributed by atoms with Crippen LogP contribution >= 0.6 is 11.3 Å². The van der Waals surface area contributed by atoms with E-state index in [2.05, 4.69) is 20.8 Å². The van der Waals surface area contributed by atoms with Crippen LogP contribution < -0.4 is 10.6 Å². The summed E-state index contributed by atoms with van der Waals surface area (Å²) in [5.41, 5.74) is 2.73. The number of aryl methyl sites for hydroxylation is 1. The number of aromatic nitrogens is 2. The summed E-state index contributed by atoms with van der Waals surface area (Å²) in [5, 5.41) is 15.1. The van der Waals surface area contributed by atoms with E-state index < -0.39 is 5.97 Å². The predicted octanol–water partition coefficient (Wildman–Crippen LogP) is 4.30. The van der Waals surface area contributed by atoms with E-state index in [4.69, 9.17) is 4.74 Å². The highest BCUT2D eigenvalue weighted by molar-refractivity contribution is 7.13. The summed E-state index contributed by atoms with van der Waals surface area (Å²) in [7, 11) is 1.31. The Morgan fingerprint density at radius 2 is 1.74 bits per heavy atom. The van der Waals surface area contributed by atoms with Crippen molar-refractivity contribution in [1.29, 1.82) is 0 Å². The molecule has 3 aromatic rings. The number of nitrogens with zero attached hydrogens (tertiary/aromatic N) is 3. The fourth-order valence-corrected chi connectivity index (χ4v) is 4.59. The number of anilines is 2. The highest BCUT2D eigenvalue weighted by Gasteiger charge is 2.27. The fraction of sp³-hybridized carbons (Fsp3) is 0.292. The van der Waals surface area contributed by atoms with Crippen LogP contribution in [-0.2, 0) is 4.74 Å². The number of urea groups is 1. The average molecular weight is 480 g/mol. The van der Waals surface area contributed by atoms with Crippen LogP contribution in [0.25, 0.3) is 0 Å². The third kappa shape index (κ3) is 5.57. The van der Waals surface area contributed by atoms with Gasteiger partial charge in [-0.2, -0.15) is 0 Å². The summed E-state index contributed by atoms with van der Waals surface area (Å²) >= 11 is 1.29. The van der Waals surface area contributed by atoms with Crippen molar-refractivity contribution in [1.82, 2.24) is 15.1 Å². The molecule has 34 heavy (non-hydrogen) atoms. The number of ether oxygens (including phenoxy) is 1. The summed E-state index contributed by atoms with van der Waals surface area (Å²) in [6, 6.07) is 14.0. The number of likely N-dealkylation sites (tertiary alicyclic amines) is 1. The molecule has 0 atom stereocenters. The number of benzene rings is 2. The first-order valence-corrected chi connectivity index (χ1v) is 11.7. The van der Waals surface area contributed by atoms with Gasteiger partial charge in [-0.3, -0.25) is 4.79 Å². The van der Waals surface area contributed by atoms with Gasteiger partial charge in [0.05, 0.1) is 12.7 Å². The van der Waals surface area contributed by atoms with Crippen molar-refractivity contribution in [3.63, 3.8) is 0 Å². The molecule has 10 heteroatoms. The van der Waals surface area contributed by atoms with Gasteiger partial charge in [-0.05, 0) is 50.1 Å². The van der Waals surface area contributed by atoms with Gasteiger partial charge in [-0.25, -0.2) is 9.59 Å². The highest BCUT2D eigenvalue weighted by atomic mass is 32.1. The van der Waals surface area contributed by atoms with E-state index in [0.29, 0.717) is 35.0 Å². The quantitative estimate of drug-likeness (QED) is 0.528. The zero-order chi connectivity index (χ0) is 24.1. The van der Waals surface area contributed by atoms with E-state index in [-0.39, 0.29) is 17.9 Å². The van der Waals surface area contributed by atoms with E-state index in [0.717, 1.165) is 23.4 Å². The number of carbonyl (C=O) groups is 3. The first-order valence-electron chi connectivity index (χ1n) is 10.9. The molecule has 1 aliphatic rings. The molecule has 1 saturated heterocycles. The lowest BCUT2D eigenvalue weighted by Crippen LogP contribution is -2.40. The van der Waals surface area contributed by atoms with Gasteiger partial charge in [0.15, 0.2) is 0 Å². The minimum absolute atomic E-state index is 0.144. The molecule has 1 aliphatic heterocycles. The van der Waals surface area contributed by atoms with Crippen molar-refractivity contribution in [2.24, 2.45) is 0 Å². The van der Waals surface area contributed by atoms with E-state index in [1.165, 1.54) is 18.4 Å². The van der Waals surface area contributed by atoms with Crippen LogP contribution in [0.2, 0.25) is 0 Å². The van der Waals surface area contributed by atoms with E-state index in [9.17, 15) is 14.4 Å². The van der Waals surface area contributed by atoms with Gasteiger partial charge in [0.2, 0.25) is 5.01 Å². The second-order valence-corrected chi connectivity index (χ2v) is 9.04. The lowest BCUT2D eigenvalue weighted by molar-refractivity contribution is 0.0600. The summed E-state index contributed by atoms with van der Waals surface area (Å²) in [6.07, 6.45) is 1.45. The number of hydrogen-bond donors (Lipinski definition) is 2. The lowest BCUT2D eigenvalue weighted by Gasteiger charge is -2.31. The number of methoxy groups -OCH3 is 1. The largest absolute Gasteiger partial charge is 0.465 e. The van der Waals surface area contributed by atoms with Crippen LogP contribution in [0, 0.1) is 6.92 Å². The van der Waals surface area contributed by atoms with Crippen molar-refractivity contribution in [2.75, 3.05) is 30.8 Å². The normalized spacial score (nSPS) is 13.9. The molecule has 2 heterocycles. The number of hydrogen-bond acceptors (Lipinski definition) is 7. The third-order valence-corrected chi connectivity index (χ3v) is 6.70. The topological polar surface area (TPSA) is 114 Å². The van der Waals surface area contributed by atoms with Gasteiger partial charge < -0.3 is 20.3 Å². The zero-order valence-electron chi connectivity index (χ0n) is 18.9. The van der Waals surface area contributed by atoms with Gasteiger partial charge in [0.1, 0.15) is 5.01 Å². The van der Waals surface area contributed by atoms with Crippen LogP contribution in [-0.4, -0.2) is 53.2 Å². The molecule has 0 aliphatic carbocycles. The monoisotopic (exact) mass is 479 g/mol. The van der Waals surface area contributed by atoms with Crippen LogP contribution in [0.3, 0.4) is 0 Å². The number of rotatable bonds is 5. The molecule has 3 amide bonds. The van der Waals surface area contributed by atoms with Crippen LogP contribution in [0.1, 0.15) is 49.5 Å². The Morgan fingerprint density at radius 3 is 2.44 bits per heavy atom. The molecule has 1 fully saturated rings. The van der Waals surface area contributed by atoms with Gasteiger partial charge in [-0.15, -0.1) is 10.2 Å². The van der Waals surface area contributed by atoms with Gasteiger partial charge >= 0.3 is 12.0 Å². The first-order chi connectivity index (χ1) is 16.4. The second kappa shape index (κ2) is 10.4. The molecular weight excluding hydrogens is 454 g/mol. The Morgan fingerprint density at radius 1 is 1.00 bits per heavy atom. The maximum atomic E-state index is 12.7. The number of nitrogens with one attached hydrogen (secondary N) is 2. The van der Waals surface area contributed by atoms with Crippen molar-refractivity contribution in [3.05, 3.63) is 69.7 Å². The summed E-state index contributed by atoms with van der Waals surface area (Å²) in [5.74, 6) is -0.593. The summed E-state index contributed by atoms with van der Waals surface area (Å²) in [6.45, 7) is 3.09. The van der Waals surface area contributed by atoms with Crippen molar-refractivity contribution in [3.8, 4) is 0 Å². The Kier molecular flexibility index (Phi) is 7.17. The van der Waals surface area contributed by atoms with Gasteiger partial charge in [0, 0.05) is 30.4 Å². The second-order valence-electron chi connectivity index (χ2n) is 8.03. The number of esters is 1. The molecule has 0 saturated carbocycles. The van der Waals surface area contributed by atoms with Crippen molar-refractivity contribution >= 4 is 40.6 Å². The smallest absolute Gasteiger partial charge is 0.337 e. The fourth-order valence-electron chi connectivity index (χ4n) is 3.69. The molecule has 0 spiro atoms. The van der Waals surface area contributed by atoms with Crippen LogP contribution in [0.4, 0.5) is 16.2 Å². The molecule has 0 radical (unpaired) electrons. The molecule has 9 nitrogen and oxygen atoms in total. The molecule has 0 unspecified atom stereocenters. The highest BCUT2D eigenvalue weighted by Crippen LogP contribution is 2.30. The molecular formula is C24H25N5O4S. The molecule has 1 aromatic heterocycles. The van der Waals surface area contributed by atoms with E-state index in [1.807, 2.05) is 31.2 Å². The lowest BCUT2D eigenvalue weighted by atomic mass is 9.98. The SMILES string of the molecule is COC(=O)c1cccc(NC(=O)N2CCC(c3nnc(C(=O)Nc4ccc(C)cc4)s3)CC2)c1. The Balaban J connectivity index is 1.30. The standard InChI is InChI=1S/C24H25N5O4S/c1-15-6-8-18(9-7-15)25-20(30)22-28-27-21(34-22)16-10-12-29(13-11-16)24(32)26-19-5-3-4-17(14-19)23(31)33-2/h3-9,14,16H,10-13H2,1-2H3,(H,25,30)(H,26,32). The first kappa shape index (κ1) is 23.4. The molecule has 2 aromatic carbocycles. The average Bonchev–Trinajstić information content (AvgIpc) is 3.36. The Labute approximate surface area is 201 Å². The van der Waals surface area contributed by atoms with E-state index in [1.54, 1.807) is 29.2 Å². The molecule has 0 bridgehead atoms. The van der Waals surface area contributed by atoms with Crippen LogP contribution in [0.15, 0.2) is 48.5 Å². The summed E-state index contributed by atoms with van der Waals surface area (Å²) < 4.78 is 4.72. The van der Waals surface area contributed by atoms with Crippen molar-refractivity contribution < 1.29 is 19.1 Å². The number of carbonyl (C=O) groups excluding carboxylic acids is 3. The number of amides is 3. The maximum absolute atomic E-state index is 12.7. The number of piperidine rings is 1. The maximum Gasteiger partial charge on any atom is 0.337 e. The predicted molar refractivity (Wildman–Crippen MR) is 129 cm³/mol. The molecule has 2 N–H and O–H groups in total. The molecule has 176 valence electrons.